The molecular weight excluding hydrogens is 206 g/mol. The molecule has 1 aromatic rings. The summed E-state index contributed by atoms with van der Waals surface area (Å²) in [7, 11) is 0. The van der Waals surface area contributed by atoms with Crippen molar-refractivity contribution in [1.29, 1.82) is 0 Å². The number of aromatic nitrogens is 1. The van der Waals surface area contributed by atoms with Crippen LogP contribution in [0.3, 0.4) is 0 Å². The summed E-state index contributed by atoms with van der Waals surface area (Å²) in [5.41, 5.74) is 0. The van der Waals surface area contributed by atoms with Crippen molar-refractivity contribution in [1.82, 2.24) is 10.3 Å². The summed E-state index contributed by atoms with van der Waals surface area (Å²) < 4.78 is 1.37. The van der Waals surface area contributed by atoms with Gasteiger partial charge in [0.25, 0.3) is 0 Å². The predicted octanol–water partition coefficient (Wildman–Crippen LogP) is -0.0925. The Kier molecular flexibility index (Phi) is 2.46. The summed E-state index contributed by atoms with van der Waals surface area (Å²) in [5.74, 6) is 0. The average molecular weight is 221 g/mol. The Morgan fingerprint density at radius 1 is 1.20 bits per heavy atom. The summed E-state index contributed by atoms with van der Waals surface area (Å²) in [6.07, 6.45) is 6.91. The molecule has 1 N–H and O–H groups in total. The zero-order chi connectivity index (χ0) is 10.1. The number of rotatable bonds is 1. The van der Waals surface area contributed by atoms with E-state index in [9.17, 15) is 0 Å². The van der Waals surface area contributed by atoms with Gasteiger partial charge in [-0.1, -0.05) is 23.5 Å². The van der Waals surface area contributed by atoms with Crippen LogP contribution in [-0.4, -0.2) is 31.2 Å². The van der Waals surface area contributed by atoms with Gasteiger partial charge in [0.1, 0.15) is 0 Å². The molecule has 1 aliphatic heterocycles. The number of thiazole rings is 1. The summed E-state index contributed by atoms with van der Waals surface area (Å²) in [6, 6.07) is 0. The monoisotopic (exact) mass is 221 g/mol. The van der Waals surface area contributed by atoms with Gasteiger partial charge < -0.3 is 10.2 Å². The number of anilines is 1. The smallest absolute Gasteiger partial charge is 0.186 e. The molecule has 1 aliphatic carbocycles. The Hall–Kier alpha value is -0.870. The average Bonchev–Trinajstić information content (AvgIpc) is 2.74. The van der Waals surface area contributed by atoms with E-state index in [0.717, 1.165) is 32.6 Å². The Morgan fingerprint density at radius 2 is 2.00 bits per heavy atom. The number of piperazine rings is 1. The Labute approximate surface area is 93.1 Å². The number of fused-ring (bicyclic) bond motifs is 1. The van der Waals surface area contributed by atoms with Crippen molar-refractivity contribution in [3.63, 3.8) is 0 Å². The zero-order valence-electron chi connectivity index (χ0n) is 8.70. The molecule has 1 aromatic heterocycles. The fourth-order valence-corrected chi connectivity index (χ4v) is 3.14. The lowest BCUT2D eigenvalue weighted by molar-refractivity contribution is 0.588. The van der Waals surface area contributed by atoms with Crippen molar-refractivity contribution in [2.45, 2.75) is 12.8 Å². The topological polar surface area (TPSA) is 28.2 Å². The Balaban J connectivity index is 1.95. The third-order valence-corrected chi connectivity index (χ3v) is 4.02. The zero-order valence-corrected chi connectivity index (χ0v) is 9.52. The van der Waals surface area contributed by atoms with Crippen LogP contribution in [0.15, 0.2) is 0 Å². The molecule has 0 saturated carbocycles. The minimum atomic E-state index is 1.08. The van der Waals surface area contributed by atoms with Gasteiger partial charge in [0.2, 0.25) is 0 Å². The van der Waals surface area contributed by atoms with Gasteiger partial charge in [-0.15, -0.1) is 0 Å². The van der Waals surface area contributed by atoms with E-state index in [4.69, 9.17) is 4.98 Å². The molecule has 15 heavy (non-hydrogen) atoms. The second-order valence-corrected chi connectivity index (χ2v) is 4.98. The van der Waals surface area contributed by atoms with Crippen LogP contribution >= 0.6 is 11.3 Å². The molecular formula is C11H15N3S. The van der Waals surface area contributed by atoms with E-state index in [1.54, 1.807) is 0 Å². The van der Waals surface area contributed by atoms with E-state index in [1.165, 1.54) is 21.4 Å². The highest BCUT2D eigenvalue weighted by atomic mass is 32.1. The maximum atomic E-state index is 4.70. The number of nitrogens with one attached hydrogen (secondary N) is 1. The summed E-state index contributed by atoms with van der Waals surface area (Å²) >= 11 is 1.84. The molecule has 3 rings (SSSR count). The largest absolute Gasteiger partial charge is 0.346 e. The van der Waals surface area contributed by atoms with Gasteiger partial charge in [-0.25, -0.2) is 4.98 Å². The SMILES string of the molecule is C1=c2nc(N3CCNCC3)sc2=CCC1. The first kappa shape index (κ1) is 9.36. The first-order chi connectivity index (χ1) is 7.43. The summed E-state index contributed by atoms with van der Waals surface area (Å²) in [6.45, 7) is 4.34. The van der Waals surface area contributed by atoms with Crippen LogP contribution in [0.1, 0.15) is 12.8 Å². The molecule has 0 amide bonds. The first-order valence-electron chi connectivity index (χ1n) is 5.56. The maximum Gasteiger partial charge on any atom is 0.186 e. The molecule has 2 aliphatic rings. The molecule has 4 heteroatoms. The predicted molar refractivity (Wildman–Crippen MR) is 64.6 cm³/mol. The highest BCUT2D eigenvalue weighted by Crippen LogP contribution is 2.13. The van der Waals surface area contributed by atoms with E-state index < -0.39 is 0 Å². The van der Waals surface area contributed by atoms with Gasteiger partial charge in [-0.3, -0.25) is 0 Å². The van der Waals surface area contributed by atoms with Gasteiger partial charge >= 0.3 is 0 Å². The third kappa shape index (κ3) is 1.79. The molecule has 0 unspecified atom stereocenters. The normalized spacial score (nSPS) is 20.4. The third-order valence-electron chi connectivity index (χ3n) is 2.89. The molecule has 0 radical (unpaired) electrons. The number of nitrogens with zero attached hydrogens (tertiary/aromatic N) is 2. The lowest BCUT2D eigenvalue weighted by atomic mass is 10.2. The highest BCUT2D eigenvalue weighted by Gasteiger charge is 2.13. The maximum absolute atomic E-state index is 4.70. The van der Waals surface area contributed by atoms with Crippen LogP contribution < -0.4 is 20.1 Å². The van der Waals surface area contributed by atoms with E-state index in [-0.39, 0.29) is 0 Å². The standard InChI is InChI=1S/C11H15N3S/c1-2-4-10-9(3-1)13-11(15-10)14-7-5-12-6-8-14/h3-4,12H,1-2,5-8H2. The number of hydrogen-bond donors (Lipinski definition) is 1. The van der Waals surface area contributed by atoms with Gasteiger partial charge in [0.05, 0.1) is 9.88 Å². The van der Waals surface area contributed by atoms with Crippen LogP contribution in [0.25, 0.3) is 12.2 Å². The molecule has 2 heterocycles. The van der Waals surface area contributed by atoms with Crippen molar-refractivity contribution in [2.24, 2.45) is 0 Å². The highest BCUT2D eigenvalue weighted by molar-refractivity contribution is 7.13. The minimum absolute atomic E-state index is 1.08. The second-order valence-electron chi connectivity index (χ2n) is 3.97. The van der Waals surface area contributed by atoms with E-state index in [1.807, 2.05) is 11.3 Å². The Morgan fingerprint density at radius 3 is 2.80 bits per heavy atom. The molecule has 1 fully saturated rings. The molecule has 3 nitrogen and oxygen atoms in total. The molecule has 1 saturated heterocycles. The summed E-state index contributed by atoms with van der Waals surface area (Å²) in [4.78, 5) is 7.09. The van der Waals surface area contributed by atoms with Crippen LogP contribution in [0.4, 0.5) is 5.13 Å². The van der Waals surface area contributed by atoms with Crippen molar-refractivity contribution in [3.8, 4) is 0 Å². The van der Waals surface area contributed by atoms with Crippen LogP contribution in [0.5, 0.6) is 0 Å². The van der Waals surface area contributed by atoms with Crippen molar-refractivity contribution in [3.05, 3.63) is 9.88 Å². The van der Waals surface area contributed by atoms with Crippen molar-refractivity contribution < 1.29 is 0 Å². The second kappa shape index (κ2) is 3.94. The fraction of sp³-hybridized carbons (Fsp3) is 0.545. The van der Waals surface area contributed by atoms with Crippen molar-refractivity contribution in [2.75, 3.05) is 31.1 Å². The minimum Gasteiger partial charge on any atom is -0.346 e. The van der Waals surface area contributed by atoms with Gasteiger partial charge in [0, 0.05) is 26.2 Å². The van der Waals surface area contributed by atoms with Gasteiger partial charge in [-0.05, 0) is 12.8 Å². The quantitative estimate of drug-likeness (QED) is 0.718. The first-order valence-corrected chi connectivity index (χ1v) is 6.38. The van der Waals surface area contributed by atoms with Gasteiger partial charge in [-0.2, -0.15) is 0 Å². The molecule has 80 valence electrons. The molecule has 0 aromatic carbocycles. The fourth-order valence-electron chi connectivity index (χ4n) is 2.05. The summed E-state index contributed by atoms with van der Waals surface area (Å²) in [5, 5.41) is 5.78. The molecule has 0 bridgehead atoms. The van der Waals surface area contributed by atoms with Gasteiger partial charge in [0.15, 0.2) is 5.13 Å². The lowest BCUT2D eigenvalue weighted by Crippen LogP contribution is -2.43. The van der Waals surface area contributed by atoms with E-state index in [0.29, 0.717) is 0 Å². The number of hydrogen-bond acceptors (Lipinski definition) is 4. The molecule has 0 spiro atoms. The van der Waals surface area contributed by atoms with Crippen molar-refractivity contribution >= 4 is 28.6 Å². The van der Waals surface area contributed by atoms with Crippen LogP contribution in [0, 0.1) is 0 Å². The Bertz CT molecular complexity index is 423. The lowest BCUT2D eigenvalue weighted by Gasteiger charge is -2.26. The van der Waals surface area contributed by atoms with Crippen LogP contribution in [-0.2, 0) is 0 Å². The van der Waals surface area contributed by atoms with Crippen LogP contribution in [0.2, 0.25) is 0 Å². The van der Waals surface area contributed by atoms with E-state index in [2.05, 4.69) is 22.4 Å². The van der Waals surface area contributed by atoms with E-state index >= 15 is 0 Å². The molecule has 0 atom stereocenters.